The van der Waals surface area contributed by atoms with E-state index < -0.39 is 84.3 Å². The van der Waals surface area contributed by atoms with Crippen LogP contribution in [0.1, 0.15) is 102 Å². The van der Waals surface area contributed by atoms with E-state index in [2.05, 4.69) is 44.8 Å². The van der Waals surface area contributed by atoms with Gasteiger partial charge in [-0.25, -0.2) is 30.7 Å². The number of hydrogen-bond donors (Lipinski definition) is 11. The quantitative estimate of drug-likeness (QED) is 0.00668. The molecule has 0 aliphatic rings. The molecular formula is C93H100Cl3F7N8O20S2Si. The number of hydrazine groups is 1. The van der Waals surface area contributed by atoms with Crippen LogP contribution in [0.3, 0.4) is 0 Å². The second kappa shape index (κ2) is 49.5. The fraction of sp³-hybridized carbons (Fsp3) is 0.269. The standard InChI is InChI=1S/C17H15ClFNO2S.C17H24FNO3Si.C16H11ClFNO4S.2C12H12FNO3.C7H9FN2O.C7H8FNO.C5H8O3.ClH/c1-4-10-9(2)20(17(21)15-5-6-16(18)23-15)13-8-12(19)14(22-3)7-11(10)13;1-11-12(9-17(20)22-6-7-23(3,4)5)13-8-16(21-2)14(18)10-15(13)19-11;1-7-8(5-15(21)22)9-4-12(20)10(18)6-11(9)19(7)16(23)13-2-3-14(17)24-13;1-6-7(4-12(15)16)8-3-11(17-2)9(13)5-10(8)14-6;1-6-7(5-10(15)16)11-8(14-6)3-4-9(17-2)12(11)13;1-11-7-3-2-5(10-9)4-6(7)8;1-10-7-3-2-5(9)4-6(7)8;1-4(6)2-3-5(7)8;/h5-8H,4H2,1-3H3;8,10,19H,6-7,9H2,1-5H3;2-4,6,20H,5H2,1H3,(H,21,22);3,5,14H,4H2,1-2H3,(H,15,16);3-4,14H,5H2,1-2H3,(H,15,16);2-4,10H,9H2,1H3;2-4H,9H2,1H3;2-3H2,1H3,(H,7,8);1H. The lowest BCUT2D eigenvalue weighted by molar-refractivity contribution is -0.142. The molecule has 0 spiro atoms. The first-order valence-electron chi connectivity index (χ1n) is 40.1. The topological polar surface area (TPSA) is 424 Å². The minimum absolute atomic E-state index is 0. The van der Waals surface area contributed by atoms with Gasteiger partial charge in [0, 0.05) is 129 Å². The van der Waals surface area contributed by atoms with E-state index in [-0.39, 0.29) is 109 Å². The summed E-state index contributed by atoms with van der Waals surface area (Å²) in [5.74, 6) is -3.07. The third-order valence-corrected chi connectivity index (χ3v) is 24.3. The van der Waals surface area contributed by atoms with E-state index in [1.165, 1.54) is 120 Å². The summed E-state index contributed by atoms with van der Waals surface area (Å²) in [4.78, 5) is 100. The molecule has 0 saturated heterocycles. The molecule has 134 heavy (non-hydrogen) atoms. The number of rotatable bonds is 24. The molecule has 41 heteroatoms. The van der Waals surface area contributed by atoms with Crippen molar-refractivity contribution in [2.24, 2.45) is 5.84 Å². The zero-order valence-corrected chi connectivity index (χ0v) is 80.4. The molecule has 13 N–H and O–H groups in total. The van der Waals surface area contributed by atoms with Crippen molar-refractivity contribution in [3.63, 3.8) is 0 Å². The molecule has 7 aromatic carbocycles. The van der Waals surface area contributed by atoms with E-state index in [1.807, 2.05) is 20.8 Å². The molecule has 0 fully saturated rings. The van der Waals surface area contributed by atoms with E-state index >= 15 is 0 Å². The Morgan fingerprint density at radius 2 is 0.866 bits per heavy atom. The van der Waals surface area contributed by atoms with Gasteiger partial charge in [-0.1, -0.05) is 49.8 Å². The molecule has 0 unspecified atom stereocenters. The number of anilines is 2. The molecule has 0 aliphatic heterocycles. The summed E-state index contributed by atoms with van der Waals surface area (Å²) in [5, 5.41) is 47.3. The average Bonchev–Trinajstić information content (AvgIpc) is 1.60. The number of methoxy groups -OCH3 is 6. The number of esters is 1. The van der Waals surface area contributed by atoms with Crippen molar-refractivity contribution >= 4 is 180 Å². The monoisotopic (exact) mass is 1980 g/mol. The Kier molecular flexibility index (Phi) is 40.4. The van der Waals surface area contributed by atoms with Gasteiger partial charge < -0.3 is 89.6 Å². The van der Waals surface area contributed by atoms with E-state index in [1.54, 1.807) is 79.9 Å². The molecule has 14 aromatic rings. The summed E-state index contributed by atoms with van der Waals surface area (Å²) >= 11 is 14.1. The Labute approximate surface area is 789 Å². The normalized spacial score (nSPS) is 10.6. The number of carboxylic acids is 4. The van der Waals surface area contributed by atoms with Crippen molar-refractivity contribution in [1.29, 1.82) is 0 Å². The van der Waals surface area contributed by atoms with E-state index in [9.17, 15) is 74.2 Å². The number of nitrogen functional groups attached to an aromatic ring is 2. The zero-order valence-electron chi connectivity index (χ0n) is 75.4. The lowest BCUT2D eigenvalue weighted by Crippen LogP contribution is -2.23. The Bertz CT molecular complexity index is 6610. The van der Waals surface area contributed by atoms with Gasteiger partial charge in [0.15, 0.2) is 81.0 Å². The molecule has 7 aromatic heterocycles. The van der Waals surface area contributed by atoms with Gasteiger partial charge in [0.2, 0.25) is 0 Å². The van der Waals surface area contributed by atoms with Crippen molar-refractivity contribution in [1.82, 2.24) is 24.1 Å². The van der Waals surface area contributed by atoms with Gasteiger partial charge in [-0.15, -0.1) is 35.1 Å². The minimum atomic E-state index is -1.22. The van der Waals surface area contributed by atoms with Gasteiger partial charge in [-0.05, 0) is 167 Å². The van der Waals surface area contributed by atoms with Crippen LogP contribution in [-0.2, 0) is 65.6 Å². The SMILES string of the molecule is CC(=O)CCC(=O)O.CCc1c(C)n(C(=O)c2ccc(Cl)s2)c2cc(F)c(OC)cc12.COc1cc2c(CC(=O)O)c(C)[nH]c2cc1F.COc1cc2c(CC(=O)OCC[Si](C)(C)C)c(C)[nH]c2cc1F.COc1ccc(N)cc1F.COc1ccc(NN)cc1F.COc1ccc2[nH]c(C)c(CC(=O)O)c2c1F.Cc1c(CC(=O)O)c2cc(O)c(F)cc2n1C(=O)c1ccc(Cl)s1.Cl. The number of carboxylic acid groups (broad SMARTS) is 4. The Hall–Kier alpha value is -13.2. The van der Waals surface area contributed by atoms with Crippen LogP contribution in [0.5, 0.6) is 40.2 Å². The predicted molar refractivity (Wildman–Crippen MR) is 507 cm³/mol. The molecule has 718 valence electrons. The first kappa shape index (κ1) is 110. The summed E-state index contributed by atoms with van der Waals surface area (Å²) in [6.45, 7) is 19.4. The molecular weight excluding hydrogens is 1880 g/mol. The molecule has 0 aliphatic carbocycles. The van der Waals surface area contributed by atoms with Crippen LogP contribution in [0.25, 0.3) is 54.5 Å². The summed E-state index contributed by atoms with van der Waals surface area (Å²) in [6, 6.07) is 30.3. The number of aromatic amines is 3. The highest BCUT2D eigenvalue weighted by atomic mass is 35.5. The Morgan fingerprint density at radius 3 is 1.28 bits per heavy atom. The first-order valence-corrected chi connectivity index (χ1v) is 46.2. The third kappa shape index (κ3) is 28.6. The highest BCUT2D eigenvalue weighted by Gasteiger charge is 2.28. The molecule has 7 heterocycles. The summed E-state index contributed by atoms with van der Waals surface area (Å²) in [7, 11) is 7.21. The highest BCUT2D eigenvalue weighted by Crippen LogP contribution is 2.39. The number of benzene rings is 7. The van der Waals surface area contributed by atoms with Crippen molar-refractivity contribution in [3.8, 4) is 40.2 Å². The smallest absolute Gasteiger partial charge is 0.310 e. The summed E-state index contributed by atoms with van der Waals surface area (Å²) < 4.78 is 133. The van der Waals surface area contributed by atoms with E-state index in [0.29, 0.717) is 103 Å². The average molecular weight is 1980 g/mol. The number of aromatic hydroxyl groups is 1. The number of aryl methyl sites for hydroxylation is 4. The van der Waals surface area contributed by atoms with Gasteiger partial charge in [0.1, 0.15) is 5.78 Å². The van der Waals surface area contributed by atoms with Crippen LogP contribution in [0, 0.1) is 75.3 Å². The maximum atomic E-state index is 14.1. The van der Waals surface area contributed by atoms with Crippen LogP contribution in [-0.4, -0.2) is 154 Å². The number of thiophene rings is 2. The number of H-pyrrole nitrogens is 3. The number of aliphatic carboxylic acids is 4. The number of nitrogens with zero attached hydrogens (tertiary/aromatic N) is 2. The predicted octanol–water partition coefficient (Wildman–Crippen LogP) is 20.8. The van der Waals surface area contributed by atoms with Crippen LogP contribution >= 0.6 is 58.3 Å². The fourth-order valence-electron chi connectivity index (χ4n) is 13.6. The molecule has 0 radical (unpaired) electrons. The Morgan fingerprint density at radius 1 is 0.463 bits per heavy atom. The lowest BCUT2D eigenvalue weighted by atomic mass is 10.1. The largest absolute Gasteiger partial charge is 0.505 e. The van der Waals surface area contributed by atoms with Crippen molar-refractivity contribution in [3.05, 3.63) is 237 Å². The molecule has 0 amide bonds. The number of Topliss-reactive ketones (excluding diaryl/α,β-unsaturated/α-hetero) is 1. The number of ketones is 1. The molecule has 0 saturated carbocycles. The first-order chi connectivity index (χ1) is 62.7. The maximum Gasteiger partial charge on any atom is 0.310 e. The number of ether oxygens (including phenoxy) is 7. The summed E-state index contributed by atoms with van der Waals surface area (Å²) in [5.41, 5.74) is 17.8. The minimum Gasteiger partial charge on any atom is -0.505 e. The third-order valence-electron chi connectivity index (χ3n) is 20.1. The second-order valence-corrected chi connectivity index (χ2v) is 39.5. The Balaban J connectivity index is 0.000000240. The van der Waals surface area contributed by atoms with Crippen molar-refractivity contribution < 1.29 is 128 Å². The second-order valence-electron chi connectivity index (χ2n) is 30.5. The maximum absolute atomic E-state index is 14.1. The number of carbonyl (C=O) groups excluding carboxylic acids is 4. The molecule has 0 atom stereocenters. The van der Waals surface area contributed by atoms with E-state index in [4.69, 9.17) is 83.6 Å². The number of nitrogens with two attached hydrogens (primary N) is 2. The number of nitrogens with one attached hydrogen (secondary N) is 4. The van der Waals surface area contributed by atoms with Gasteiger partial charge in [0.05, 0.1) is 117 Å². The van der Waals surface area contributed by atoms with Gasteiger partial charge >= 0.3 is 29.8 Å². The number of hydrogen-bond acceptors (Lipinski definition) is 21. The number of phenols is 1. The number of phenolic OH excluding ortho intramolecular Hbond substituents is 1. The van der Waals surface area contributed by atoms with Gasteiger partial charge in [-0.3, -0.25) is 48.5 Å². The number of fused-ring (bicyclic) bond motifs is 5. The van der Waals surface area contributed by atoms with Crippen molar-refractivity contribution in [2.75, 3.05) is 60.4 Å². The fourth-order valence-corrected chi connectivity index (χ4v) is 16.2. The number of carbonyl (C=O) groups is 8. The summed E-state index contributed by atoms with van der Waals surface area (Å²) in [6.07, 6.45) is 0.356. The zero-order chi connectivity index (χ0) is 99.1. The van der Waals surface area contributed by atoms with Crippen LogP contribution in [0.2, 0.25) is 34.4 Å². The van der Waals surface area contributed by atoms with Gasteiger partial charge in [-0.2, -0.15) is 0 Å². The number of halogens is 10. The van der Waals surface area contributed by atoms with Crippen LogP contribution in [0.15, 0.2) is 121 Å². The highest BCUT2D eigenvalue weighted by molar-refractivity contribution is 7.18. The number of aromatic nitrogens is 5. The molecule has 28 nitrogen and oxygen atoms in total. The van der Waals surface area contributed by atoms with Crippen LogP contribution in [0.4, 0.5) is 42.1 Å². The lowest BCUT2D eigenvalue weighted by Gasteiger charge is -2.15. The van der Waals surface area contributed by atoms with Crippen molar-refractivity contribution in [2.45, 2.75) is 119 Å². The molecule has 14 rings (SSSR count). The molecule has 0 bridgehead atoms. The van der Waals surface area contributed by atoms with Gasteiger partial charge in [0.25, 0.3) is 11.8 Å². The van der Waals surface area contributed by atoms with E-state index in [0.717, 1.165) is 74.9 Å². The van der Waals surface area contributed by atoms with Crippen LogP contribution < -0.4 is 45.4 Å².